The van der Waals surface area contributed by atoms with Gasteiger partial charge in [-0.15, -0.1) is 0 Å². The number of carbonyl (C=O) groups is 1. The van der Waals surface area contributed by atoms with E-state index >= 15 is 0 Å². The summed E-state index contributed by atoms with van der Waals surface area (Å²) in [4.78, 5) is 10.1. The molecule has 1 amide bonds. The number of aliphatic hydroxyl groups is 1. The lowest BCUT2D eigenvalue weighted by atomic mass is 10.3. The molecular weight excluding hydrogens is 200 g/mol. The molecule has 6 heteroatoms. The number of rotatable bonds is 9. The second-order valence-electron chi connectivity index (χ2n) is 3.25. The Labute approximate surface area is 89.6 Å². The summed E-state index contributed by atoms with van der Waals surface area (Å²) in [5, 5.41) is 22.9. The molecule has 0 heterocycles. The summed E-state index contributed by atoms with van der Waals surface area (Å²) in [6.07, 6.45) is 0.199. The third kappa shape index (κ3) is 11.1. The predicted molar refractivity (Wildman–Crippen MR) is 56.0 cm³/mol. The van der Waals surface area contributed by atoms with Crippen LogP contribution in [-0.2, 0) is 4.74 Å². The summed E-state index contributed by atoms with van der Waals surface area (Å²) >= 11 is 0. The van der Waals surface area contributed by atoms with Crippen molar-refractivity contribution in [2.24, 2.45) is 0 Å². The van der Waals surface area contributed by atoms with Crippen molar-refractivity contribution < 1.29 is 19.7 Å². The maximum atomic E-state index is 10.1. The molecule has 0 radical (unpaired) electrons. The Bertz CT molecular complexity index is 166. The van der Waals surface area contributed by atoms with E-state index < -0.39 is 12.2 Å². The van der Waals surface area contributed by atoms with Gasteiger partial charge in [-0.3, -0.25) is 0 Å². The second-order valence-corrected chi connectivity index (χ2v) is 3.25. The molecule has 4 N–H and O–H groups in total. The number of hydrogen-bond acceptors (Lipinski definition) is 4. The average molecular weight is 220 g/mol. The van der Waals surface area contributed by atoms with Gasteiger partial charge in [0, 0.05) is 20.2 Å². The van der Waals surface area contributed by atoms with Crippen LogP contribution in [0, 0.1) is 0 Å². The smallest absolute Gasteiger partial charge is 0.404 e. The standard InChI is InChI=1S/C9H20N2O4/c1-15-7-8(12)6-10-4-2-3-5-11-9(13)14/h8,10-12H,2-7H2,1H3,(H,13,14)/t8-/m0/s1. The van der Waals surface area contributed by atoms with Crippen LogP contribution in [0.15, 0.2) is 0 Å². The van der Waals surface area contributed by atoms with Gasteiger partial charge in [0.25, 0.3) is 0 Å². The molecule has 0 aliphatic carbocycles. The van der Waals surface area contributed by atoms with Gasteiger partial charge in [-0.2, -0.15) is 0 Å². The van der Waals surface area contributed by atoms with Crippen molar-refractivity contribution >= 4 is 6.09 Å². The third-order valence-electron chi connectivity index (χ3n) is 1.80. The lowest BCUT2D eigenvalue weighted by Crippen LogP contribution is -2.31. The van der Waals surface area contributed by atoms with Crippen molar-refractivity contribution in [3.63, 3.8) is 0 Å². The SMILES string of the molecule is COC[C@@H](O)CNCCCCNC(=O)O. The van der Waals surface area contributed by atoms with Crippen molar-refractivity contribution in [1.29, 1.82) is 0 Å². The van der Waals surface area contributed by atoms with Crippen LogP contribution in [0.3, 0.4) is 0 Å². The molecule has 0 aliphatic rings. The van der Waals surface area contributed by atoms with Crippen molar-refractivity contribution in [2.45, 2.75) is 18.9 Å². The molecule has 0 spiro atoms. The maximum absolute atomic E-state index is 10.1. The molecule has 6 nitrogen and oxygen atoms in total. The van der Waals surface area contributed by atoms with Gasteiger partial charge in [0.1, 0.15) is 0 Å². The highest BCUT2D eigenvalue weighted by Gasteiger charge is 2.01. The maximum Gasteiger partial charge on any atom is 0.404 e. The molecule has 0 unspecified atom stereocenters. The number of hydrogen-bond donors (Lipinski definition) is 4. The topological polar surface area (TPSA) is 90.8 Å². The van der Waals surface area contributed by atoms with Gasteiger partial charge in [0.15, 0.2) is 0 Å². The van der Waals surface area contributed by atoms with Gasteiger partial charge in [-0.05, 0) is 19.4 Å². The number of ether oxygens (including phenoxy) is 1. The monoisotopic (exact) mass is 220 g/mol. The summed E-state index contributed by atoms with van der Waals surface area (Å²) in [6.45, 7) is 2.06. The van der Waals surface area contributed by atoms with Gasteiger partial charge < -0.3 is 25.6 Å². The van der Waals surface area contributed by atoms with Gasteiger partial charge in [0.2, 0.25) is 0 Å². The van der Waals surface area contributed by atoms with Crippen LogP contribution in [0.2, 0.25) is 0 Å². The van der Waals surface area contributed by atoms with Gasteiger partial charge in [0.05, 0.1) is 12.7 Å². The Balaban J connectivity index is 3.07. The fraction of sp³-hybridized carbons (Fsp3) is 0.889. The number of amides is 1. The molecule has 1 atom stereocenters. The van der Waals surface area contributed by atoms with E-state index in [2.05, 4.69) is 10.6 Å². The van der Waals surface area contributed by atoms with E-state index in [-0.39, 0.29) is 0 Å². The number of methoxy groups -OCH3 is 1. The summed E-state index contributed by atoms with van der Waals surface area (Å²) in [5.41, 5.74) is 0. The zero-order valence-corrected chi connectivity index (χ0v) is 9.03. The molecule has 0 aromatic carbocycles. The van der Waals surface area contributed by atoms with E-state index in [0.717, 1.165) is 19.4 Å². The lowest BCUT2D eigenvalue weighted by Gasteiger charge is -2.10. The van der Waals surface area contributed by atoms with Crippen LogP contribution in [0.5, 0.6) is 0 Å². The Hall–Kier alpha value is -0.850. The molecule has 0 aromatic heterocycles. The van der Waals surface area contributed by atoms with Crippen LogP contribution >= 0.6 is 0 Å². The number of nitrogens with one attached hydrogen (secondary N) is 2. The Morgan fingerprint density at radius 1 is 1.40 bits per heavy atom. The average Bonchev–Trinajstić information content (AvgIpc) is 2.16. The molecule has 0 aliphatic heterocycles. The minimum atomic E-state index is -0.988. The normalized spacial score (nSPS) is 12.4. The fourth-order valence-corrected chi connectivity index (χ4v) is 1.09. The van der Waals surface area contributed by atoms with E-state index in [1.807, 2.05) is 0 Å². The summed E-state index contributed by atoms with van der Waals surface area (Å²) in [7, 11) is 1.54. The first kappa shape index (κ1) is 14.2. The predicted octanol–water partition coefficient (Wildman–Crippen LogP) is -0.369. The molecule has 0 aromatic rings. The molecule has 0 bridgehead atoms. The Kier molecular flexibility index (Phi) is 9.15. The van der Waals surface area contributed by atoms with E-state index in [1.54, 1.807) is 7.11 Å². The Morgan fingerprint density at radius 2 is 2.07 bits per heavy atom. The lowest BCUT2D eigenvalue weighted by molar-refractivity contribution is 0.0646. The first-order valence-corrected chi connectivity index (χ1v) is 5.01. The summed E-state index contributed by atoms with van der Waals surface area (Å²) in [6, 6.07) is 0. The van der Waals surface area contributed by atoms with Gasteiger partial charge in [-0.1, -0.05) is 0 Å². The highest BCUT2D eigenvalue weighted by atomic mass is 16.5. The van der Waals surface area contributed by atoms with E-state index in [9.17, 15) is 9.90 Å². The van der Waals surface area contributed by atoms with Crippen LogP contribution in [0.25, 0.3) is 0 Å². The molecule has 90 valence electrons. The minimum absolute atomic E-state index is 0.327. The van der Waals surface area contributed by atoms with E-state index in [1.165, 1.54) is 0 Å². The third-order valence-corrected chi connectivity index (χ3v) is 1.80. The van der Waals surface area contributed by atoms with Crippen molar-refractivity contribution in [3.8, 4) is 0 Å². The largest absolute Gasteiger partial charge is 0.465 e. The highest BCUT2D eigenvalue weighted by Crippen LogP contribution is 1.86. The van der Waals surface area contributed by atoms with Crippen molar-refractivity contribution in [1.82, 2.24) is 10.6 Å². The Morgan fingerprint density at radius 3 is 2.67 bits per heavy atom. The second kappa shape index (κ2) is 9.70. The minimum Gasteiger partial charge on any atom is -0.465 e. The molecule has 0 rings (SSSR count). The molecule has 0 saturated carbocycles. The summed E-state index contributed by atoms with van der Waals surface area (Å²) in [5.74, 6) is 0. The van der Waals surface area contributed by atoms with Crippen LogP contribution < -0.4 is 10.6 Å². The van der Waals surface area contributed by atoms with Crippen LogP contribution in [0.1, 0.15) is 12.8 Å². The van der Waals surface area contributed by atoms with Gasteiger partial charge in [-0.25, -0.2) is 4.79 Å². The number of unbranched alkanes of at least 4 members (excludes halogenated alkanes) is 1. The highest BCUT2D eigenvalue weighted by molar-refractivity contribution is 5.64. The number of carboxylic acid groups (broad SMARTS) is 1. The number of aliphatic hydroxyl groups excluding tert-OH is 1. The molecule has 15 heavy (non-hydrogen) atoms. The van der Waals surface area contributed by atoms with Gasteiger partial charge >= 0.3 is 6.09 Å². The molecular formula is C9H20N2O4. The van der Waals surface area contributed by atoms with E-state index in [0.29, 0.717) is 19.7 Å². The zero-order chi connectivity index (χ0) is 11.5. The van der Waals surface area contributed by atoms with Crippen molar-refractivity contribution in [2.75, 3.05) is 33.4 Å². The van der Waals surface area contributed by atoms with E-state index in [4.69, 9.17) is 9.84 Å². The van der Waals surface area contributed by atoms with Crippen LogP contribution in [0.4, 0.5) is 4.79 Å². The molecule has 0 fully saturated rings. The fourth-order valence-electron chi connectivity index (χ4n) is 1.09. The zero-order valence-electron chi connectivity index (χ0n) is 9.03. The van der Waals surface area contributed by atoms with Crippen molar-refractivity contribution in [3.05, 3.63) is 0 Å². The van der Waals surface area contributed by atoms with Crippen LogP contribution in [-0.4, -0.2) is 55.8 Å². The summed E-state index contributed by atoms with van der Waals surface area (Å²) < 4.78 is 4.76. The first-order chi connectivity index (χ1) is 7.16. The first-order valence-electron chi connectivity index (χ1n) is 5.01. The molecule has 0 saturated heterocycles. The quantitative estimate of drug-likeness (QED) is 0.398.